The van der Waals surface area contributed by atoms with Gasteiger partial charge in [0.15, 0.2) is 0 Å². The maximum atomic E-state index is 6.26. The zero-order chi connectivity index (χ0) is 16.4. The maximum absolute atomic E-state index is 6.26. The van der Waals surface area contributed by atoms with Crippen molar-refractivity contribution in [1.29, 1.82) is 0 Å². The number of fused-ring (bicyclic) bond motifs is 1. The number of nitrogens with zero attached hydrogens (tertiary/aromatic N) is 2. The number of hydrogen-bond acceptors (Lipinski definition) is 4. The van der Waals surface area contributed by atoms with Crippen molar-refractivity contribution in [2.45, 2.75) is 6.17 Å². The van der Waals surface area contributed by atoms with E-state index in [9.17, 15) is 0 Å². The van der Waals surface area contributed by atoms with Crippen molar-refractivity contribution in [1.82, 2.24) is 4.90 Å². The summed E-state index contributed by atoms with van der Waals surface area (Å²) < 4.78 is 5.48. The Balaban J connectivity index is 1.78. The van der Waals surface area contributed by atoms with E-state index < -0.39 is 0 Å². The molecule has 0 aliphatic carbocycles. The van der Waals surface area contributed by atoms with Crippen molar-refractivity contribution in [3.8, 4) is 0 Å². The Kier molecular flexibility index (Phi) is 4.52. The third kappa shape index (κ3) is 3.18. The molecular formula is C19H20ClN3O. The van der Waals surface area contributed by atoms with Crippen molar-refractivity contribution < 1.29 is 4.74 Å². The van der Waals surface area contributed by atoms with Gasteiger partial charge < -0.3 is 10.1 Å². The fourth-order valence-corrected chi connectivity index (χ4v) is 3.42. The van der Waals surface area contributed by atoms with Crippen LogP contribution in [0.3, 0.4) is 0 Å². The van der Waals surface area contributed by atoms with E-state index in [1.807, 2.05) is 36.4 Å². The molecule has 1 N–H and O–H groups in total. The maximum Gasteiger partial charge on any atom is 0.120 e. The minimum Gasteiger partial charge on any atom is -0.381 e. The summed E-state index contributed by atoms with van der Waals surface area (Å²) in [5.74, 6) is 0. The molecule has 0 spiro atoms. The molecule has 24 heavy (non-hydrogen) atoms. The minimum atomic E-state index is 0.0929. The van der Waals surface area contributed by atoms with Crippen molar-refractivity contribution in [3.05, 3.63) is 64.7 Å². The van der Waals surface area contributed by atoms with Crippen LogP contribution in [-0.2, 0) is 4.74 Å². The van der Waals surface area contributed by atoms with E-state index in [-0.39, 0.29) is 6.17 Å². The third-order valence-corrected chi connectivity index (χ3v) is 4.74. The molecule has 5 heteroatoms. The lowest BCUT2D eigenvalue weighted by atomic mass is 10.0. The number of morpholine rings is 1. The lowest BCUT2D eigenvalue weighted by molar-refractivity contribution is 0.0210. The molecule has 2 aromatic carbocycles. The van der Waals surface area contributed by atoms with Gasteiger partial charge in [-0.1, -0.05) is 41.9 Å². The van der Waals surface area contributed by atoms with Crippen LogP contribution in [0.1, 0.15) is 11.1 Å². The van der Waals surface area contributed by atoms with Crippen LogP contribution < -0.4 is 5.32 Å². The molecule has 0 saturated carbocycles. The molecule has 2 aliphatic heterocycles. The topological polar surface area (TPSA) is 36.9 Å². The first-order valence-electron chi connectivity index (χ1n) is 8.30. The van der Waals surface area contributed by atoms with E-state index in [4.69, 9.17) is 21.3 Å². The fraction of sp³-hybridized carbons (Fsp3) is 0.316. The fourth-order valence-electron chi connectivity index (χ4n) is 3.24. The van der Waals surface area contributed by atoms with Crippen LogP contribution in [0.4, 0.5) is 5.69 Å². The van der Waals surface area contributed by atoms with Crippen LogP contribution in [0.2, 0.25) is 5.02 Å². The van der Waals surface area contributed by atoms with E-state index in [2.05, 4.69) is 22.3 Å². The van der Waals surface area contributed by atoms with Gasteiger partial charge in [-0.25, -0.2) is 0 Å². The summed E-state index contributed by atoms with van der Waals surface area (Å²) in [5.41, 5.74) is 4.25. The van der Waals surface area contributed by atoms with Crippen LogP contribution in [-0.4, -0.2) is 49.6 Å². The van der Waals surface area contributed by atoms with E-state index in [0.29, 0.717) is 0 Å². The Hall–Kier alpha value is -1.88. The van der Waals surface area contributed by atoms with Gasteiger partial charge in [0.25, 0.3) is 0 Å². The number of benzodiazepines with no additional fused rings is 1. The number of ether oxygens (including phenoxy) is 1. The number of halogens is 1. The molecule has 4 nitrogen and oxygen atoms in total. The number of hydrogen-bond donors (Lipinski definition) is 1. The van der Waals surface area contributed by atoms with Gasteiger partial charge in [-0.15, -0.1) is 0 Å². The average molecular weight is 342 g/mol. The molecule has 2 aromatic rings. The highest BCUT2D eigenvalue weighted by atomic mass is 35.5. The van der Waals surface area contributed by atoms with E-state index in [1.165, 1.54) is 0 Å². The Morgan fingerprint density at radius 2 is 1.88 bits per heavy atom. The highest BCUT2D eigenvalue weighted by molar-refractivity contribution is 6.31. The molecular weight excluding hydrogens is 322 g/mol. The summed E-state index contributed by atoms with van der Waals surface area (Å²) in [6.45, 7) is 4.14. The number of aliphatic imine (C=N–C) groups is 1. The molecule has 0 bridgehead atoms. The van der Waals surface area contributed by atoms with E-state index in [0.717, 1.165) is 60.4 Å². The molecule has 4 rings (SSSR count). The predicted octanol–water partition coefficient (Wildman–Crippen LogP) is 3.26. The van der Waals surface area contributed by atoms with Crippen LogP contribution in [0.15, 0.2) is 53.5 Å². The summed E-state index contributed by atoms with van der Waals surface area (Å²) in [5, 5.41) is 4.27. The van der Waals surface area contributed by atoms with Gasteiger partial charge >= 0.3 is 0 Å². The second-order valence-electron chi connectivity index (χ2n) is 6.04. The normalized spacial score (nSPS) is 21.4. The summed E-state index contributed by atoms with van der Waals surface area (Å²) in [6, 6.07) is 16.3. The van der Waals surface area contributed by atoms with Crippen LogP contribution in [0, 0.1) is 0 Å². The Morgan fingerprint density at radius 3 is 2.67 bits per heavy atom. The molecule has 0 amide bonds. The SMILES string of the molecule is Clc1ccc2c(c1)C(c1ccccc1)=NC(N1CCOCC1)CN2. The van der Waals surface area contributed by atoms with Gasteiger partial charge in [-0.3, -0.25) is 9.89 Å². The standard InChI is InChI=1S/C19H20ClN3O/c20-15-6-7-17-16(12-15)19(14-4-2-1-3-5-14)22-18(13-21-17)23-8-10-24-11-9-23/h1-7,12,18,21H,8-11,13H2. The number of nitrogens with one attached hydrogen (secondary N) is 1. The van der Waals surface area contributed by atoms with Gasteiger partial charge in [0, 0.05) is 34.9 Å². The molecule has 1 unspecified atom stereocenters. The van der Waals surface area contributed by atoms with Crippen LogP contribution in [0.25, 0.3) is 0 Å². The van der Waals surface area contributed by atoms with Gasteiger partial charge in [0.2, 0.25) is 0 Å². The van der Waals surface area contributed by atoms with Gasteiger partial charge in [-0.2, -0.15) is 0 Å². The molecule has 0 aromatic heterocycles. The zero-order valence-electron chi connectivity index (χ0n) is 13.4. The lowest BCUT2D eigenvalue weighted by Crippen LogP contribution is -2.45. The Morgan fingerprint density at radius 1 is 1.08 bits per heavy atom. The Labute approximate surface area is 147 Å². The van der Waals surface area contributed by atoms with Gasteiger partial charge in [-0.05, 0) is 18.2 Å². The highest BCUT2D eigenvalue weighted by Gasteiger charge is 2.25. The van der Waals surface area contributed by atoms with Gasteiger partial charge in [0.1, 0.15) is 6.17 Å². The number of rotatable bonds is 2. The average Bonchev–Trinajstić information content (AvgIpc) is 2.83. The minimum absolute atomic E-state index is 0.0929. The highest BCUT2D eigenvalue weighted by Crippen LogP contribution is 2.27. The molecule has 1 saturated heterocycles. The monoisotopic (exact) mass is 341 g/mol. The Bertz CT molecular complexity index is 742. The quantitative estimate of drug-likeness (QED) is 0.911. The largest absolute Gasteiger partial charge is 0.381 e. The molecule has 2 aliphatic rings. The summed E-state index contributed by atoms with van der Waals surface area (Å²) in [6.07, 6.45) is 0.0929. The first-order valence-corrected chi connectivity index (χ1v) is 8.68. The zero-order valence-corrected chi connectivity index (χ0v) is 14.2. The molecule has 1 fully saturated rings. The van der Waals surface area contributed by atoms with E-state index >= 15 is 0 Å². The second kappa shape index (κ2) is 6.93. The number of benzene rings is 2. The van der Waals surface area contributed by atoms with Gasteiger partial charge in [0.05, 0.1) is 25.5 Å². The summed E-state index contributed by atoms with van der Waals surface area (Å²) >= 11 is 6.26. The van der Waals surface area contributed by atoms with Crippen molar-refractivity contribution >= 4 is 23.0 Å². The second-order valence-corrected chi connectivity index (χ2v) is 6.48. The molecule has 124 valence electrons. The lowest BCUT2D eigenvalue weighted by Gasteiger charge is -2.32. The van der Waals surface area contributed by atoms with Crippen molar-refractivity contribution in [3.63, 3.8) is 0 Å². The van der Waals surface area contributed by atoms with E-state index in [1.54, 1.807) is 0 Å². The summed E-state index contributed by atoms with van der Waals surface area (Å²) in [4.78, 5) is 7.50. The first-order chi connectivity index (χ1) is 11.8. The van der Waals surface area contributed by atoms with Crippen LogP contribution >= 0.6 is 11.6 Å². The molecule has 2 heterocycles. The van der Waals surface area contributed by atoms with Crippen LogP contribution in [0.5, 0.6) is 0 Å². The smallest absolute Gasteiger partial charge is 0.120 e. The molecule has 1 atom stereocenters. The first kappa shape index (κ1) is 15.6. The summed E-state index contributed by atoms with van der Waals surface area (Å²) in [7, 11) is 0. The predicted molar refractivity (Wildman–Crippen MR) is 98.2 cm³/mol. The third-order valence-electron chi connectivity index (χ3n) is 4.50. The number of anilines is 1. The molecule has 0 radical (unpaired) electrons. The van der Waals surface area contributed by atoms with Crippen molar-refractivity contribution in [2.24, 2.45) is 4.99 Å². The van der Waals surface area contributed by atoms with Crippen molar-refractivity contribution in [2.75, 3.05) is 38.2 Å².